The topological polar surface area (TPSA) is 42.2 Å². The molecule has 1 heterocycles. The van der Waals surface area contributed by atoms with Crippen LogP contribution in [0.3, 0.4) is 0 Å². The van der Waals surface area contributed by atoms with Crippen LogP contribution in [0.2, 0.25) is 0 Å². The Kier molecular flexibility index (Phi) is 4.28. The quantitative estimate of drug-likeness (QED) is 0.919. The first kappa shape index (κ1) is 14.4. The lowest BCUT2D eigenvalue weighted by molar-refractivity contribution is 0.858. The highest BCUT2D eigenvalue weighted by atomic mass is 15.2. The Morgan fingerprint density at radius 2 is 1.85 bits per heavy atom. The van der Waals surface area contributed by atoms with Gasteiger partial charge in [0.05, 0.1) is 11.9 Å². The maximum absolute atomic E-state index is 5.81. The Morgan fingerprint density at radius 1 is 1.20 bits per heavy atom. The Morgan fingerprint density at radius 3 is 2.40 bits per heavy atom. The molecule has 0 aliphatic carbocycles. The van der Waals surface area contributed by atoms with Gasteiger partial charge in [-0.15, -0.1) is 0 Å². The summed E-state index contributed by atoms with van der Waals surface area (Å²) < 4.78 is 0. The molecule has 1 aromatic heterocycles. The van der Waals surface area contributed by atoms with Gasteiger partial charge in [-0.25, -0.2) is 4.98 Å². The first-order chi connectivity index (χ1) is 9.47. The summed E-state index contributed by atoms with van der Waals surface area (Å²) in [5.74, 6) is 1.52. The van der Waals surface area contributed by atoms with Crippen LogP contribution in [-0.2, 0) is 6.54 Å². The lowest BCUT2D eigenvalue weighted by Gasteiger charge is -2.19. The Balaban J connectivity index is 2.10. The molecule has 0 bridgehead atoms. The van der Waals surface area contributed by atoms with Crippen molar-refractivity contribution in [1.82, 2.24) is 4.98 Å². The number of hydrogen-bond acceptors (Lipinski definition) is 3. The summed E-state index contributed by atoms with van der Waals surface area (Å²) in [6.07, 6.45) is 1.73. The first-order valence-electron chi connectivity index (χ1n) is 6.99. The zero-order valence-electron chi connectivity index (χ0n) is 12.7. The number of aromatic nitrogens is 1. The Bertz CT molecular complexity index is 573. The number of nitrogen functional groups attached to an aromatic ring is 1. The summed E-state index contributed by atoms with van der Waals surface area (Å²) in [6.45, 7) is 7.27. The van der Waals surface area contributed by atoms with E-state index in [1.54, 1.807) is 6.20 Å². The predicted octanol–water partition coefficient (Wildman–Crippen LogP) is 3.73. The number of benzene rings is 1. The molecule has 1 aromatic carbocycles. The van der Waals surface area contributed by atoms with E-state index in [-0.39, 0.29) is 0 Å². The van der Waals surface area contributed by atoms with E-state index in [1.165, 1.54) is 11.1 Å². The maximum Gasteiger partial charge on any atom is 0.128 e. The molecule has 0 unspecified atom stereocenters. The molecule has 3 heteroatoms. The summed E-state index contributed by atoms with van der Waals surface area (Å²) in [5.41, 5.74) is 10.3. The highest BCUT2D eigenvalue weighted by Crippen LogP contribution is 2.19. The average Bonchev–Trinajstić information content (AvgIpc) is 2.42. The Hall–Kier alpha value is -2.03. The van der Waals surface area contributed by atoms with Gasteiger partial charge in [0.15, 0.2) is 0 Å². The van der Waals surface area contributed by atoms with E-state index in [0.29, 0.717) is 5.92 Å². The Labute approximate surface area is 121 Å². The van der Waals surface area contributed by atoms with E-state index in [2.05, 4.69) is 48.0 Å². The molecule has 20 heavy (non-hydrogen) atoms. The number of anilines is 2. The standard InChI is InChI=1S/C17H23N3/c1-12(2)15-7-5-14(6-8-15)11-20(4)17-9-13(3)16(18)10-19-17/h5-10,12H,11,18H2,1-4H3. The minimum absolute atomic E-state index is 0.572. The van der Waals surface area contributed by atoms with Gasteiger partial charge >= 0.3 is 0 Å². The molecule has 0 aliphatic rings. The molecule has 0 atom stereocenters. The molecule has 0 aliphatic heterocycles. The summed E-state index contributed by atoms with van der Waals surface area (Å²) in [4.78, 5) is 6.52. The van der Waals surface area contributed by atoms with E-state index < -0.39 is 0 Å². The van der Waals surface area contributed by atoms with Crippen molar-refractivity contribution in [3.8, 4) is 0 Å². The minimum atomic E-state index is 0.572. The fraction of sp³-hybridized carbons (Fsp3) is 0.353. The summed E-state index contributed by atoms with van der Waals surface area (Å²) in [6, 6.07) is 10.8. The van der Waals surface area contributed by atoms with E-state index in [4.69, 9.17) is 5.73 Å². The van der Waals surface area contributed by atoms with E-state index in [9.17, 15) is 0 Å². The van der Waals surface area contributed by atoms with Crippen LogP contribution >= 0.6 is 0 Å². The van der Waals surface area contributed by atoms with Gasteiger partial charge < -0.3 is 10.6 Å². The van der Waals surface area contributed by atoms with Crippen LogP contribution < -0.4 is 10.6 Å². The SMILES string of the molecule is Cc1cc(N(C)Cc2ccc(C(C)C)cc2)ncc1N. The largest absolute Gasteiger partial charge is 0.397 e. The van der Waals surface area contributed by atoms with Crippen molar-refractivity contribution in [2.75, 3.05) is 17.7 Å². The second kappa shape index (κ2) is 5.95. The van der Waals surface area contributed by atoms with Crippen molar-refractivity contribution in [3.05, 3.63) is 53.2 Å². The van der Waals surface area contributed by atoms with Gasteiger partial charge in [-0.05, 0) is 35.6 Å². The monoisotopic (exact) mass is 269 g/mol. The van der Waals surface area contributed by atoms with Gasteiger partial charge in [0.2, 0.25) is 0 Å². The molecule has 0 fully saturated rings. The second-order valence-corrected chi connectivity index (χ2v) is 5.65. The molecule has 2 N–H and O–H groups in total. The fourth-order valence-electron chi connectivity index (χ4n) is 2.12. The van der Waals surface area contributed by atoms with Crippen molar-refractivity contribution >= 4 is 11.5 Å². The number of rotatable bonds is 4. The smallest absolute Gasteiger partial charge is 0.128 e. The molecule has 0 amide bonds. The van der Waals surface area contributed by atoms with E-state index in [0.717, 1.165) is 23.6 Å². The normalized spacial score (nSPS) is 10.8. The van der Waals surface area contributed by atoms with Crippen LogP contribution in [0.4, 0.5) is 11.5 Å². The van der Waals surface area contributed by atoms with Gasteiger partial charge in [-0.2, -0.15) is 0 Å². The van der Waals surface area contributed by atoms with E-state index in [1.807, 2.05) is 20.0 Å². The molecule has 2 aromatic rings. The summed E-state index contributed by atoms with van der Waals surface area (Å²) >= 11 is 0. The van der Waals surface area contributed by atoms with Crippen molar-refractivity contribution in [3.63, 3.8) is 0 Å². The van der Waals surface area contributed by atoms with Gasteiger partial charge in [0.1, 0.15) is 5.82 Å². The maximum atomic E-state index is 5.81. The van der Waals surface area contributed by atoms with Crippen LogP contribution in [0.5, 0.6) is 0 Å². The average molecular weight is 269 g/mol. The zero-order valence-corrected chi connectivity index (χ0v) is 12.7. The van der Waals surface area contributed by atoms with Crippen molar-refractivity contribution in [2.45, 2.75) is 33.2 Å². The zero-order chi connectivity index (χ0) is 14.7. The molecule has 3 nitrogen and oxygen atoms in total. The molecule has 0 radical (unpaired) electrons. The predicted molar refractivity (Wildman–Crippen MR) is 86.0 cm³/mol. The summed E-state index contributed by atoms with van der Waals surface area (Å²) in [7, 11) is 2.05. The highest BCUT2D eigenvalue weighted by molar-refractivity contribution is 5.52. The van der Waals surface area contributed by atoms with Crippen molar-refractivity contribution in [2.24, 2.45) is 0 Å². The first-order valence-corrected chi connectivity index (χ1v) is 6.99. The van der Waals surface area contributed by atoms with Crippen LogP contribution in [0.1, 0.15) is 36.5 Å². The van der Waals surface area contributed by atoms with Gasteiger partial charge in [0.25, 0.3) is 0 Å². The van der Waals surface area contributed by atoms with Crippen molar-refractivity contribution < 1.29 is 0 Å². The third-order valence-electron chi connectivity index (χ3n) is 3.59. The van der Waals surface area contributed by atoms with Crippen LogP contribution in [0.15, 0.2) is 36.5 Å². The lowest BCUT2D eigenvalue weighted by atomic mass is 10.0. The summed E-state index contributed by atoms with van der Waals surface area (Å²) in [5, 5.41) is 0. The molecule has 0 spiro atoms. The molecular weight excluding hydrogens is 246 g/mol. The molecular formula is C17H23N3. The second-order valence-electron chi connectivity index (χ2n) is 5.65. The number of pyridine rings is 1. The van der Waals surface area contributed by atoms with Gasteiger partial charge in [-0.1, -0.05) is 38.1 Å². The fourth-order valence-corrected chi connectivity index (χ4v) is 2.12. The van der Waals surface area contributed by atoms with Crippen LogP contribution in [0, 0.1) is 6.92 Å². The number of nitrogens with zero attached hydrogens (tertiary/aromatic N) is 2. The van der Waals surface area contributed by atoms with E-state index >= 15 is 0 Å². The van der Waals surface area contributed by atoms with Gasteiger partial charge in [-0.3, -0.25) is 0 Å². The van der Waals surface area contributed by atoms with Crippen LogP contribution in [0.25, 0.3) is 0 Å². The molecule has 106 valence electrons. The molecule has 0 saturated heterocycles. The minimum Gasteiger partial charge on any atom is -0.397 e. The number of hydrogen-bond donors (Lipinski definition) is 1. The third-order valence-corrected chi connectivity index (χ3v) is 3.59. The van der Waals surface area contributed by atoms with Crippen molar-refractivity contribution in [1.29, 1.82) is 0 Å². The number of aryl methyl sites for hydroxylation is 1. The van der Waals surface area contributed by atoms with Gasteiger partial charge in [0, 0.05) is 13.6 Å². The molecule has 0 saturated carbocycles. The number of nitrogens with two attached hydrogens (primary N) is 1. The lowest BCUT2D eigenvalue weighted by Crippen LogP contribution is -2.18. The molecule has 2 rings (SSSR count). The third kappa shape index (κ3) is 3.29. The van der Waals surface area contributed by atoms with Crippen LogP contribution in [-0.4, -0.2) is 12.0 Å². The highest BCUT2D eigenvalue weighted by Gasteiger charge is 2.06.